The first-order valence-corrected chi connectivity index (χ1v) is 9.07. The summed E-state index contributed by atoms with van der Waals surface area (Å²) < 4.78 is 2.18. The molecule has 0 aliphatic carbocycles. The second kappa shape index (κ2) is 8.25. The molecule has 2 aromatic rings. The normalized spacial score (nSPS) is 16.0. The van der Waals surface area contributed by atoms with Gasteiger partial charge in [0, 0.05) is 57.0 Å². The van der Waals surface area contributed by atoms with Crippen molar-refractivity contribution in [2.24, 2.45) is 0 Å². The minimum absolute atomic E-state index is 0.197. The van der Waals surface area contributed by atoms with E-state index in [0.29, 0.717) is 6.42 Å². The fraction of sp³-hybridized carbons (Fsp3) is 0.526. The summed E-state index contributed by atoms with van der Waals surface area (Å²) in [6, 6.07) is 3.96. The monoisotopic (exact) mass is 341 g/mol. The molecule has 1 aliphatic rings. The molecule has 2 aromatic heterocycles. The molecule has 6 nitrogen and oxygen atoms in total. The van der Waals surface area contributed by atoms with Crippen LogP contribution in [0.4, 0.5) is 0 Å². The van der Waals surface area contributed by atoms with E-state index >= 15 is 0 Å². The average molecular weight is 341 g/mol. The van der Waals surface area contributed by atoms with Gasteiger partial charge in [-0.3, -0.25) is 14.7 Å². The van der Waals surface area contributed by atoms with Gasteiger partial charge in [-0.2, -0.15) is 0 Å². The predicted octanol–water partition coefficient (Wildman–Crippen LogP) is 1.88. The van der Waals surface area contributed by atoms with Gasteiger partial charge in [0.05, 0.1) is 13.0 Å². The van der Waals surface area contributed by atoms with Crippen LogP contribution < -0.4 is 0 Å². The van der Waals surface area contributed by atoms with Crippen LogP contribution in [-0.2, 0) is 24.3 Å². The zero-order valence-corrected chi connectivity index (χ0v) is 15.2. The second-order valence-corrected chi connectivity index (χ2v) is 6.62. The number of nitrogens with zero attached hydrogens (tertiary/aromatic N) is 5. The third-order valence-corrected chi connectivity index (χ3v) is 4.78. The molecule has 0 unspecified atom stereocenters. The van der Waals surface area contributed by atoms with E-state index in [1.54, 1.807) is 0 Å². The molecule has 0 spiro atoms. The third kappa shape index (κ3) is 4.66. The summed E-state index contributed by atoms with van der Waals surface area (Å²) in [5.41, 5.74) is 1.97. The molecular weight excluding hydrogens is 314 g/mol. The van der Waals surface area contributed by atoms with Crippen molar-refractivity contribution in [2.45, 2.75) is 39.8 Å². The lowest BCUT2D eigenvalue weighted by molar-refractivity contribution is -0.130. The molecular formula is C19H27N5O. The van der Waals surface area contributed by atoms with Gasteiger partial charge in [-0.1, -0.05) is 6.07 Å². The van der Waals surface area contributed by atoms with Crippen LogP contribution in [0, 0.1) is 6.92 Å². The first-order valence-electron chi connectivity index (χ1n) is 9.07. The molecule has 1 fully saturated rings. The number of carbonyl (C=O) groups excluding carboxylic acids is 1. The molecule has 0 atom stereocenters. The Kier molecular flexibility index (Phi) is 5.81. The van der Waals surface area contributed by atoms with Crippen LogP contribution in [0.3, 0.4) is 0 Å². The van der Waals surface area contributed by atoms with Crippen LogP contribution in [0.1, 0.15) is 30.4 Å². The largest absolute Gasteiger partial charge is 0.341 e. The van der Waals surface area contributed by atoms with E-state index in [1.807, 2.05) is 42.5 Å². The van der Waals surface area contributed by atoms with Gasteiger partial charge >= 0.3 is 0 Å². The Morgan fingerprint density at radius 2 is 2.04 bits per heavy atom. The summed E-state index contributed by atoms with van der Waals surface area (Å²) in [6.07, 6.45) is 7.14. The van der Waals surface area contributed by atoms with Crippen LogP contribution >= 0.6 is 0 Å². The van der Waals surface area contributed by atoms with E-state index in [4.69, 9.17) is 0 Å². The number of amides is 1. The van der Waals surface area contributed by atoms with Crippen LogP contribution in [0.15, 0.2) is 30.7 Å². The van der Waals surface area contributed by atoms with Crippen molar-refractivity contribution in [2.75, 3.05) is 26.2 Å². The Morgan fingerprint density at radius 3 is 2.80 bits per heavy atom. The van der Waals surface area contributed by atoms with Gasteiger partial charge < -0.3 is 9.47 Å². The molecule has 0 N–H and O–H groups in total. The topological polar surface area (TPSA) is 54.3 Å². The Balaban J connectivity index is 1.54. The van der Waals surface area contributed by atoms with E-state index in [0.717, 1.165) is 62.8 Å². The Hall–Kier alpha value is -2.21. The Labute approximate surface area is 149 Å². The second-order valence-electron chi connectivity index (χ2n) is 6.62. The van der Waals surface area contributed by atoms with Crippen LogP contribution in [0.25, 0.3) is 0 Å². The fourth-order valence-electron chi connectivity index (χ4n) is 3.25. The quantitative estimate of drug-likeness (QED) is 0.833. The molecule has 0 bridgehead atoms. The average Bonchev–Trinajstić information content (AvgIpc) is 2.92. The lowest BCUT2D eigenvalue weighted by Gasteiger charge is -2.22. The lowest BCUT2D eigenvalue weighted by Crippen LogP contribution is -2.36. The number of pyridine rings is 1. The summed E-state index contributed by atoms with van der Waals surface area (Å²) in [5, 5.41) is 0. The fourth-order valence-corrected chi connectivity index (χ4v) is 3.25. The summed E-state index contributed by atoms with van der Waals surface area (Å²) >= 11 is 0. The van der Waals surface area contributed by atoms with Crippen molar-refractivity contribution in [3.05, 3.63) is 47.8 Å². The van der Waals surface area contributed by atoms with Gasteiger partial charge in [-0.15, -0.1) is 0 Å². The van der Waals surface area contributed by atoms with Crippen molar-refractivity contribution in [3.8, 4) is 0 Å². The molecule has 1 amide bonds. The maximum absolute atomic E-state index is 12.6. The van der Waals surface area contributed by atoms with Crippen LogP contribution in [0.2, 0.25) is 0 Å². The Morgan fingerprint density at radius 1 is 1.16 bits per heavy atom. The van der Waals surface area contributed by atoms with E-state index in [-0.39, 0.29) is 5.91 Å². The smallest absolute Gasteiger partial charge is 0.227 e. The first-order chi connectivity index (χ1) is 12.2. The summed E-state index contributed by atoms with van der Waals surface area (Å²) in [4.78, 5) is 25.7. The molecule has 3 heterocycles. The molecule has 1 aliphatic heterocycles. The zero-order valence-electron chi connectivity index (χ0n) is 15.2. The molecule has 0 aromatic carbocycles. The maximum Gasteiger partial charge on any atom is 0.227 e. The van der Waals surface area contributed by atoms with Gasteiger partial charge in [0.25, 0.3) is 0 Å². The molecule has 0 radical (unpaired) electrons. The molecule has 6 heteroatoms. The van der Waals surface area contributed by atoms with Gasteiger partial charge in [0.15, 0.2) is 0 Å². The predicted molar refractivity (Wildman–Crippen MR) is 97.1 cm³/mol. The highest BCUT2D eigenvalue weighted by Crippen LogP contribution is 2.10. The standard InChI is InChI=1S/C19H27N5O/c1-3-23-10-7-20-18(23)15-22-8-4-9-24(12-11-22)19(25)13-17-6-5-16(2)21-14-17/h5-7,10,14H,3-4,8-9,11-13,15H2,1-2H3. The van der Waals surface area contributed by atoms with E-state index in [9.17, 15) is 4.79 Å². The highest BCUT2D eigenvalue weighted by molar-refractivity contribution is 5.78. The lowest BCUT2D eigenvalue weighted by atomic mass is 10.2. The molecule has 1 saturated heterocycles. The number of hydrogen-bond donors (Lipinski definition) is 0. The summed E-state index contributed by atoms with van der Waals surface area (Å²) in [6.45, 7) is 9.40. The van der Waals surface area contributed by atoms with Crippen molar-refractivity contribution in [3.63, 3.8) is 0 Å². The van der Waals surface area contributed by atoms with Gasteiger partial charge in [-0.25, -0.2) is 4.98 Å². The molecule has 25 heavy (non-hydrogen) atoms. The van der Waals surface area contributed by atoms with Crippen molar-refractivity contribution >= 4 is 5.91 Å². The first kappa shape index (κ1) is 17.6. The van der Waals surface area contributed by atoms with Crippen molar-refractivity contribution in [1.29, 1.82) is 0 Å². The number of hydrogen-bond acceptors (Lipinski definition) is 4. The van der Waals surface area contributed by atoms with Crippen LogP contribution in [0.5, 0.6) is 0 Å². The SMILES string of the molecule is CCn1ccnc1CN1CCCN(C(=O)Cc2ccc(C)nc2)CC1. The highest BCUT2D eigenvalue weighted by Gasteiger charge is 2.20. The number of aromatic nitrogens is 3. The van der Waals surface area contributed by atoms with E-state index in [1.165, 1.54) is 0 Å². The molecule has 134 valence electrons. The highest BCUT2D eigenvalue weighted by atomic mass is 16.2. The summed E-state index contributed by atoms with van der Waals surface area (Å²) in [5.74, 6) is 1.30. The summed E-state index contributed by atoms with van der Waals surface area (Å²) in [7, 11) is 0. The third-order valence-electron chi connectivity index (χ3n) is 4.78. The van der Waals surface area contributed by atoms with Gasteiger partial charge in [0.1, 0.15) is 5.82 Å². The molecule has 0 saturated carbocycles. The van der Waals surface area contributed by atoms with Crippen molar-refractivity contribution < 1.29 is 4.79 Å². The number of rotatable bonds is 5. The Bertz CT molecular complexity index is 694. The van der Waals surface area contributed by atoms with Crippen LogP contribution in [-0.4, -0.2) is 56.4 Å². The number of carbonyl (C=O) groups is 1. The number of imidazole rings is 1. The van der Waals surface area contributed by atoms with E-state index in [2.05, 4.69) is 26.4 Å². The van der Waals surface area contributed by atoms with Crippen molar-refractivity contribution in [1.82, 2.24) is 24.3 Å². The zero-order chi connectivity index (χ0) is 17.6. The van der Waals surface area contributed by atoms with Gasteiger partial charge in [-0.05, 0) is 31.9 Å². The van der Waals surface area contributed by atoms with E-state index < -0.39 is 0 Å². The maximum atomic E-state index is 12.6. The molecule has 3 rings (SSSR count). The minimum Gasteiger partial charge on any atom is -0.341 e. The van der Waals surface area contributed by atoms with Gasteiger partial charge in [0.2, 0.25) is 5.91 Å². The number of aryl methyl sites for hydroxylation is 2. The minimum atomic E-state index is 0.197.